The fourth-order valence-corrected chi connectivity index (χ4v) is 3.50. The van der Waals surface area contributed by atoms with Crippen molar-refractivity contribution in [2.45, 2.75) is 24.9 Å². The Morgan fingerprint density at radius 2 is 1.85 bits per heavy atom. The third-order valence-electron chi connectivity index (χ3n) is 4.38. The first-order valence-corrected chi connectivity index (χ1v) is 11.1. The first kappa shape index (κ1) is 24.0. The van der Waals surface area contributed by atoms with Crippen molar-refractivity contribution < 1.29 is 31.3 Å². The van der Waals surface area contributed by atoms with Crippen LogP contribution in [0.25, 0.3) is 0 Å². The van der Waals surface area contributed by atoms with Gasteiger partial charge in [-0.25, -0.2) is 14.0 Å². The van der Waals surface area contributed by atoms with E-state index in [9.17, 15) is 26.6 Å². The summed E-state index contributed by atoms with van der Waals surface area (Å²) in [5, 5.41) is 8.83. The third kappa shape index (κ3) is 5.42. The number of ether oxygens (including phenoxy) is 1. The lowest BCUT2D eigenvalue weighted by Crippen LogP contribution is -2.21. The van der Waals surface area contributed by atoms with Gasteiger partial charge in [-0.1, -0.05) is 6.07 Å². The van der Waals surface area contributed by atoms with E-state index in [4.69, 9.17) is 9.52 Å². The molecule has 1 unspecified atom stereocenters. The lowest BCUT2D eigenvalue weighted by molar-refractivity contribution is -0.142. The van der Waals surface area contributed by atoms with Crippen molar-refractivity contribution in [2.75, 3.05) is 11.6 Å². The highest BCUT2D eigenvalue weighted by Crippen LogP contribution is 2.35. The maximum Gasteiger partial charge on any atom is 0.435 e. The predicted octanol–water partition coefficient (Wildman–Crippen LogP) is 4.73. The largest absolute Gasteiger partial charge is 0.435 e. The Balaban J connectivity index is 2.08. The van der Waals surface area contributed by atoms with Crippen LogP contribution in [-0.4, -0.2) is 31.6 Å². The van der Waals surface area contributed by atoms with Crippen LogP contribution < -0.4 is 10.1 Å². The van der Waals surface area contributed by atoms with Gasteiger partial charge in [-0.3, -0.25) is 4.79 Å². The molecule has 1 amide bonds. The Kier molecular flexibility index (Phi) is 6.36. The van der Waals surface area contributed by atoms with Crippen LogP contribution >= 0.6 is 0 Å². The molecule has 3 aromatic rings. The number of hydrogen-bond donors (Lipinski definition) is 2. The molecule has 2 aromatic heterocycles. The Morgan fingerprint density at radius 1 is 1.15 bits per heavy atom. The number of alkyl halides is 3. The molecule has 0 aliphatic rings. The molecule has 0 radical (unpaired) electrons. The Morgan fingerprint density at radius 3 is 2.45 bits per heavy atom. The van der Waals surface area contributed by atoms with Gasteiger partial charge in [0.1, 0.15) is 5.56 Å². The molecule has 1 atom stereocenters. The van der Waals surface area contributed by atoms with Gasteiger partial charge in [0, 0.05) is 22.5 Å². The zero-order valence-corrected chi connectivity index (χ0v) is 18.3. The Bertz CT molecular complexity index is 1340. The molecule has 0 bridgehead atoms. The average molecular weight is 483 g/mol. The zero-order chi connectivity index (χ0) is 24.6. The number of pyridine rings is 1. The number of aryl methyl sites for hydroxylation is 1. The van der Waals surface area contributed by atoms with E-state index in [2.05, 4.69) is 20.5 Å². The molecule has 0 spiro atoms. The van der Waals surface area contributed by atoms with Gasteiger partial charge >= 0.3 is 6.18 Å². The lowest BCUT2D eigenvalue weighted by Gasteiger charge is -2.16. The highest BCUT2D eigenvalue weighted by atomic mass is 32.2. The topological polar surface area (TPSA) is 118 Å². The molecular formula is C20H17F4N5O3S. The maximum atomic E-state index is 14.1. The second-order valence-electron chi connectivity index (χ2n) is 7.02. The molecule has 3 rings (SSSR count). The molecule has 1 aromatic carbocycles. The van der Waals surface area contributed by atoms with Crippen molar-refractivity contribution in [1.29, 1.82) is 4.78 Å². The molecule has 2 heterocycles. The highest BCUT2D eigenvalue weighted by molar-refractivity contribution is 7.91. The molecule has 174 valence electrons. The van der Waals surface area contributed by atoms with Gasteiger partial charge in [0.15, 0.2) is 11.4 Å². The van der Waals surface area contributed by atoms with E-state index in [0.717, 1.165) is 6.92 Å². The number of carbonyl (C=O) groups excluding carboxylic acids is 1. The van der Waals surface area contributed by atoms with Crippen LogP contribution in [0.15, 0.2) is 41.3 Å². The Labute approximate surface area is 186 Å². The molecule has 0 saturated carbocycles. The van der Waals surface area contributed by atoms with Crippen molar-refractivity contribution in [3.63, 3.8) is 0 Å². The average Bonchev–Trinajstić information content (AvgIpc) is 2.68. The quantitative estimate of drug-likeness (QED) is 0.400. The SMILES string of the molecule is Cc1ccc(Oc2nnc(C(F)(F)F)c(C)c2C(=O)Nc2cccc(S(C)(=N)=O)c2)c(F)n1. The summed E-state index contributed by atoms with van der Waals surface area (Å²) in [6, 6.07) is 8.07. The number of carbonyl (C=O) groups is 1. The van der Waals surface area contributed by atoms with E-state index in [0.29, 0.717) is 5.69 Å². The fraction of sp³-hybridized carbons (Fsp3) is 0.200. The van der Waals surface area contributed by atoms with Crippen molar-refractivity contribution in [3.05, 3.63) is 64.9 Å². The standard InChI is InChI=1S/C20H17F4N5O3S/c1-10-7-8-14(17(21)26-10)32-19-15(11(2)16(28-29-19)20(22,23)24)18(30)27-12-5-4-6-13(9-12)33(3,25)31/h4-9,25H,1-3H3,(H,27,30). The summed E-state index contributed by atoms with van der Waals surface area (Å²) >= 11 is 0. The highest BCUT2D eigenvalue weighted by Gasteiger charge is 2.38. The lowest BCUT2D eigenvalue weighted by atomic mass is 10.1. The van der Waals surface area contributed by atoms with Crippen LogP contribution in [0.3, 0.4) is 0 Å². The molecule has 0 aliphatic heterocycles. The minimum absolute atomic E-state index is 0.0678. The number of rotatable bonds is 5. The first-order chi connectivity index (χ1) is 15.3. The molecule has 33 heavy (non-hydrogen) atoms. The minimum Gasteiger partial charge on any atom is -0.432 e. The van der Waals surface area contributed by atoms with Crippen LogP contribution in [0.4, 0.5) is 23.2 Å². The smallest absolute Gasteiger partial charge is 0.432 e. The van der Waals surface area contributed by atoms with E-state index in [-0.39, 0.29) is 10.6 Å². The van der Waals surface area contributed by atoms with Gasteiger partial charge in [0.25, 0.3) is 17.7 Å². The zero-order valence-electron chi connectivity index (χ0n) is 17.5. The second-order valence-corrected chi connectivity index (χ2v) is 9.18. The van der Waals surface area contributed by atoms with Crippen molar-refractivity contribution in [2.24, 2.45) is 0 Å². The minimum atomic E-state index is -4.92. The Hall–Kier alpha value is -3.61. The van der Waals surface area contributed by atoms with Gasteiger partial charge < -0.3 is 10.1 Å². The predicted molar refractivity (Wildman–Crippen MR) is 110 cm³/mol. The fourth-order valence-electron chi connectivity index (χ4n) is 2.81. The number of benzene rings is 1. The summed E-state index contributed by atoms with van der Waals surface area (Å²) in [5.74, 6) is -3.25. The van der Waals surface area contributed by atoms with E-state index < -0.39 is 56.2 Å². The number of amides is 1. The van der Waals surface area contributed by atoms with E-state index in [1.807, 2.05) is 0 Å². The van der Waals surface area contributed by atoms with Crippen LogP contribution in [0.5, 0.6) is 11.6 Å². The second kappa shape index (κ2) is 8.73. The normalized spacial score (nSPS) is 13.3. The summed E-state index contributed by atoms with van der Waals surface area (Å²) in [7, 11) is -3.11. The van der Waals surface area contributed by atoms with Crippen LogP contribution in [0, 0.1) is 24.6 Å². The number of halogens is 4. The molecule has 2 N–H and O–H groups in total. The number of hydrogen-bond acceptors (Lipinski definition) is 7. The summed E-state index contributed by atoms with van der Waals surface area (Å²) in [6.07, 6.45) is -3.74. The van der Waals surface area contributed by atoms with Gasteiger partial charge in [-0.2, -0.15) is 17.6 Å². The van der Waals surface area contributed by atoms with Crippen LogP contribution in [0.2, 0.25) is 0 Å². The monoisotopic (exact) mass is 483 g/mol. The summed E-state index contributed by atoms with van der Waals surface area (Å²) in [6.45, 7) is 2.52. The molecular weight excluding hydrogens is 466 g/mol. The number of anilines is 1. The molecule has 8 nitrogen and oxygen atoms in total. The first-order valence-electron chi connectivity index (χ1n) is 9.18. The van der Waals surface area contributed by atoms with Crippen LogP contribution in [0.1, 0.15) is 27.3 Å². The number of aromatic nitrogens is 3. The van der Waals surface area contributed by atoms with Crippen molar-refractivity contribution in [3.8, 4) is 11.6 Å². The number of nitrogens with zero attached hydrogens (tertiary/aromatic N) is 3. The van der Waals surface area contributed by atoms with Gasteiger partial charge in [0.2, 0.25) is 0 Å². The van der Waals surface area contributed by atoms with Crippen molar-refractivity contribution >= 4 is 21.3 Å². The van der Waals surface area contributed by atoms with Gasteiger partial charge in [-0.15, -0.1) is 10.2 Å². The molecule has 13 heteroatoms. The van der Waals surface area contributed by atoms with Gasteiger partial charge in [0.05, 0.1) is 9.73 Å². The maximum absolute atomic E-state index is 14.1. The summed E-state index contributed by atoms with van der Waals surface area (Å²) in [4.78, 5) is 16.6. The third-order valence-corrected chi connectivity index (χ3v) is 5.54. The molecule has 0 aliphatic carbocycles. The van der Waals surface area contributed by atoms with Crippen LogP contribution in [-0.2, 0) is 15.9 Å². The van der Waals surface area contributed by atoms with E-state index >= 15 is 0 Å². The molecule has 0 fully saturated rings. The van der Waals surface area contributed by atoms with Gasteiger partial charge in [-0.05, 0) is 49.7 Å². The molecule has 0 saturated heterocycles. The van der Waals surface area contributed by atoms with E-state index in [1.54, 1.807) is 0 Å². The van der Waals surface area contributed by atoms with Crippen molar-refractivity contribution in [1.82, 2.24) is 15.2 Å². The summed E-state index contributed by atoms with van der Waals surface area (Å²) < 4.78 is 79.1. The summed E-state index contributed by atoms with van der Waals surface area (Å²) in [5.41, 5.74) is -2.25. The van der Waals surface area contributed by atoms with E-state index in [1.165, 1.54) is 49.6 Å². The number of nitrogens with one attached hydrogen (secondary N) is 2.